The van der Waals surface area contributed by atoms with Gasteiger partial charge in [-0.15, -0.1) is 0 Å². The van der Waals surface area contributed by atoms with Crippen molar-refractivity contribution in [3.05, 3.63) is 36.5 Å². The summed E-state index contributed by atoms with van der Waals surface area (Å²) in [5.41, 5.74) is 5.34. The van der Waals surface area contributed by atoms with Crippen LogP contribution in [-0.2, 0) is 4.79 Å². The second-order valence-corrected chi connectivity index (χ2v) is 5.79. The van der Waals surface area contributed by atoms with Crippen LogP contribution >= 0.6 is 0 Å². The SMILES string of the molecule is CC/C=C\C/C=C\C/C=C\CCCCCCC(CC)C(N)=O. The van der Waals surface area contributed by atoms with Crippen LogP contribution in [0.3, 0.4) is 0 Å². The van der Waals surface area contributed by atoms with Gasteiger partial charge in [0.1, 0.15) is 0 Å². The third-order valence-corrected chi connectivity index (χ3v) is 3.85. The van der Waals surface area contributed by atoms with Crippen LogP contribution in [0.1, 0.15) is 78.1 Å². The molecule has 2 heteroatoms. The lowest BCUT2D eigenvalue weighted by atomic mass is 9.97. The number of unbranched alkanes of at least 4 members (excludes halogenated alkanes) is 4. The molecule has 2 nitrogen and oxygen atoms in total. The first kappa shape index (κ1) is 20.7. The second kappa shape index (κ2) is 16.1. The molecule has 0 aromatic heterocycles. The predicted octanol–water partition coefficient (Wildman–Crippen LogP) is 5.70. The fourth-order valence-corrected chi connectivity index (χ4v) is 2.38. The van der Waals surface area contributed by atoms with E-state index in [2.05, 4.69) is 43.4 Å². The van der Waals surface area contributed by atoms with Gasteiger partial charge in [0.15, 0.2) is 0 Å². The summed E-state index contributed by atoms with van der Waals surface area (Å²) < 4.78 is 0. The van der Waals surface area contributed by atoms with Crippen LogP contribution in [0.15, 0.2) is 36.5 Å². The highest BCUT2D eigenvalue weighted by atomic mass is 16.1. The summed E-state index contributed by atoms with van der Waals surface area (Å²) in [7, 11) is 0. The Morgan fingerprint density at radius 2 is 1.45 bits per heavy atom. The molecule has 0 aliphatic heterocycles. The van der Waals surface area contributed by atoms with Crippen LogP contribution in [-0.4, -0.2) is 5.91 Å². The number of hydrogen-bond donors (Lipinski definition) is 1. The van der Waals surface area contributed by atoms with Crippen molar-refractivity contribution in [3.8, 4) is 0 Å². The van der Waals surface area contributed by atoms with Gasteiger partial charge in [-0.25, -0.2) is 0 Å². The molecular weight excluding hydrogens is 270 g/mol. The Balaban J connectivity index is 3.40. The Morgan fingerprint density at radius 1 is 0.864 bits per heavy atom. The lowest BCUT2D eigenvalue weighted by molar-refractivity contribution is -0.122. The first-order valence-corrected chi connectivity index (χ1v) is 8.96. The van der Waals surface area contributed by atoms with Crippen molar-refractivity contribution in [3.63, 3.8) is 0 Å². The molecule has 1 amide bonds. The summed E-state index contributed by atoms with van der Waals surface area (Å²) in [5.74, 6) is -0.0532. The highest BCUT2D eigenvalue weighted by Gasteiger charge is 2.11. The summed E-state index contributed by atoms with van der Waals surface area (Å²) in [6, 6.07) is 0. The number of amides is 1. The van der Waals surface area contributed by atoms with Crippen molar-refractivity contribution in [1.82, 2.24) is 0 Å². The molecule has 0 heterocycles. The maximum Gasteiger partial charge on any atom is 0.220 e. The van der Waals surface area contributed by atoms with Gasteiger partial charge >= 0.3 is 0 Å². The fraction of sp³-hybridized carbons (Fsp3) is 0.650. The summed E-state index contributed by atoms with van der Waals surface area (Å²) in [6.07, 6.45) is 24.4. The zero-order valence-electron chi connectivity index (χ0n) is 14.6. The first-order valence-electron chi connectivity index (χ1n) is 8.96. The van der Waals surface area contributed by atoms with E-state index in [0.29, 0.717) is 0 Å². The third-order valence-electron chi connectivity index (χ3n) is 3.85. The van der Waals surface area contributed by atoms with E-state index in [-0.39, 0.29) is 11.8 Å². The van der Waals surface area contributed by atoms with Crippen LogP contribution in [0.2, 0.25) is 0 Å². The van der Waals surface area contributed by atoms with E-state index in [1.165, 1.54) is 19.3 Å². The first-order chi connectivity index (χ1) is 10.7. The van der Waals surface area contributed by atoms with Gasteiger partial charge in [-0.1, -0.05) is 69.6 Å². The van der Waals surface area contributed by atoms with Gasteiger partial charge in [0.2, 0.25) is 5.91 Å². The van der Waals surface area contributed by atoms with Crippen molar-refractivity contribution >= 4 is 5.91 Å². The summed E-state index contributed by atoms with van der Waals surface area (Å²) >= 11 is 0. The smallest absolute Gasteiger partial charge is 0.220 e. The molecular formula is C20H35NO. The highest BCUT2D eigenvalue weighted by Crippen LogP contribution is 2.14. The molecule has 2 N–H and O–H groups in total. The Morgan fingerprint density at radius 3 is 2.05 bits per heavy atom. The van der Waals surface area contributed by atoms with Crippen LogP contribution < -0.4 is 5.73 Å². The van der Waals surface area contributed by atoms with E-state index in [9.17, 15) is 4.79 Å². The number of rotatable bonds is 14. The van der Waals surface area contributed by atoms with Gasteiger partial charge in [-0.2, -0.15) is 0 Å². The monoisotopic (exact) mass is 305 g/mol. The van der Waals surface area contributed by atoms with Gasteiger partial charge in [-0.3, -0.25) is 4.79 Å². The number of allylic oxidation sites excluding steroid dienone is 6. The quantitative estimate of drug-likeness (QED) is 0.325. The molecule has 0 aliphatic rings. The molecule has 0 aromatic carbocycles. The number of carbonyl (C=O) groups is 1. The topological polar surface area (TPSA) is 43.1 Å². The molecule has 0 bridgehead atoms. The average molecular weight is 306 g/mol. The molecule has 0 aromatic rings. The van der Waals surface area contributed by atoms with Gasteiger partial charge in [0.25, 0.3) is 0 Å². The van der Waals surface area contributed by atoms with Crippen molar-refractivity contribution in [2.24, 2.45) is 11.7 Å². The molecule has 1 atom stereocenters. The Labute approximate surface area is 137 Å². The Kier molecular flexibility index (Phi) is 15.1. The molecule has 126 valence electrons. The van der Waals surface area contributed by atoms with Gasteiger partial charge in [0.05, 0.1) is 0 Å². The molecule has 0 radical (unpaired) electrons. The largest absolute Gasteiger partial charge is 0.369 e. The van der Waals surface area contributed by atoms with E-state index in [1.54, 1.807) is 0 Å². The van der Waals surface area contributed by atoms with Crippen LogP contribution in [0.5, 0.6) is 0 Å². The van der Waals surface area contributed by atoms with E-state index in [1.807, 2.05) is 6.92 Å². The highest BCUT2D eigenvalue weighted by molar-refractivity contribution is 5.76. The summed E-state index contributed by atoms with van der Waals surface area (Å²) in [5, 5.41) is 0. The minimum Gasteiger partial charge on any atom is -0.369 e. The van der Waals surface area contributed by atoms with E-state index < -0.39 is 0 Å². The molecule has 0 spiro atoms. The van der Waals surface area contributed by atoms with Crippen molar-refractivity contribution < 1.29 is 4.79 Å². The molecule has 0 saturated carbocycles. The Bertz CT molecular complexity index is 342. The van der Waals surface area contributed by atoms with Gasteiger partial charge < -0.3 is 5.73 Å². The number of nitrogens with two attached hydrogens (primary N) is 1. The summed E-state index contributed by atoms with van der Waals surface area (Å²) in [4.78, 5) is 11.1. The zero-order chi connectivity index (χ0) is 16.5. The van der Waals surface area contributed by atoms with E-state index in [0.717, 1.165) is 44.9 Å². The molecule has 1 unspecified atom stereocenters. The van der Waals surface area contributed by atoms with Crippen LogP contribution in [0.4, 0.5) is 0 Å². The summed E-state index contributed by atoms with van der Waals surface area (Å²) in [6.45, 7) is 4.19. The molecule has 0 rings (SSSR count). The van der Waals surface area contributed by atoms with Crippen molar-refractivity contribution in [2.45, 2.75) is 78.1 Å². The number of hydrogen-bond acceptors (Lipinski definition) is 1. The lowest BCUT2D eigenvalue weighted by Gasteiger charge is -2.09. The third kappa shape index (κ3) is 13.7. The predicted molar refractivity (Wildman–Crippen MR) is 97.6 cm³/mol. The second-order valence-electron chi connectivity index (χ2n) is 5.79. The molecule has 22 heavy (non-hydrogen) atoms. The van der Waals surface area contributed by atoms with E-state index in [4.69, 9.17) is 5.73 Å². The standard InChI is InChI=1S/C20H35NO/c1-3-5-6-7-8-9-10-11-12-13-14-15-16-17-18-19(4-2)20(21)22/h5-6,8-9,11-12,19H,3-4,7,10,13-18H2,1-2H3,(H2,21,22)/b6-5-,9-8-,12-11-. The average Bonchev–Trinajstić information content (AvgIpc) is 2.51. The van der Waals surface area contributed by atoms with Crippen molar-refractivity contribution in [1.29, 1.82) is 0 Å². The molecule has 0 saturated heterocycles. The van der Waals surface area contributed by atoms with Gasteiger partial charge in [-0.05, 0) is 44.9 Å². The zero-order valence-corrected chi connectivity index (χ0v) is 14.6. The van der Waals surface area contributed by atoms with Gasteiger partial charge in [0, 0.05) is 5.92 Å². The van der Waals surface area contributed by atoms with Crippen molar-refractivity contribution in [2.75, 3.05) is 0 Å². The maximum atomic E-state index is 11.1. The van der Waals surface area contributed by atoms with Crippen LogP contribution in [0, 0.1) is 5.92 Å². The molecule has 0 fully saturated rings. The number of carbonyl (C=O) groups excluding carboxylic acids is 1. The lowest BCUT2D eigenvalue weighted by Crippen LogP contribution is -2.22. The maximum absolute atomic E-state index is 11.1. The van der Waals surface area contributed by atoms with Crippen LogP contribution in [0.25, 0.3) is 0 Å². The Hall–Kier alpha value is -1.31. The minimum absolute atomic E-state index is 0.0823. The van der Waals surface area contributed by atoms with E-state index >= 15 is 0 Å². The number of primary amides is 1. The molecule has 0 aliphatic carbocycles. The normalized spacial score (nSPS) is 13.5. The fourth-order valence-electron chi connectivity index (χ4n) is 2.38. The minimum atomic E-state index is -0.135.